The van der Waals surface area contributed by atoms with Crippen LogP contribution in [0.2, 0.25) is 0 Å². The summed E-state index contributed by atoms with van der Waals surface area (Å²) in [5, 5.41) is 6.51. The van der Waals surface area contributed by atoms with Gasteiger partial charge in [0.05, 0.1) is 0 Å². The van der Waals surface area contributed by atoms with Crippen molar-refractivity contribution in [3.05, 3.63) is 34.9 Å². The molecular weight excluding hydrogens is 244 g/mol. The van der Waals surface area contributed by atoms with Gasteiger partial charge in [-0.25, -0.2) is 0 Å². The summed E-state index contributed by atoms with van der Waals surface area (Å²) in [5.74, 6) is 2.34. The van der Waals surface area contributed by atoms with Crippen LogP contribution in [-0.4, -0.2) is 30.0 Å². The van der Waals surface area contributed by atoms with Gasteiger partial charge in [0, 0.05) is 23.9 Å². The van der Waals surface area contributed by atoms with Gasteiger partial charge in [-0.1, -0.05) is 12.1 Å². The Labute approximate surface area is 112 Å². The molecule has 0 aliphatic carbocycles. The molecule has 1 saturated heterocycles. The minimum absolute atomic E-state index is 0.112. The number of thioether (sulfide) groups is 1. The molecule has 2 N–H and O–H groups in total. The van der Waals surface area contributed by atoms with Gasteiger partial charge in [0.1, 0.15) is 0 Å². The summed E-state index contributed by atoms with van der Waals surface area (Å²) in [5.41, 5.74) is 3.39. The number of benzene rings is 1. The summed E-state index contributed by atoms with van der Waals surface area (Å²) < 4.78 is 0. The van der Waals surface area contributed by atoms with Gasteiger partial charge in [-0.05, 0) is 42.3 Å². The Morgan fingerprint density at radius 2 is 2.39 bits per heavy atom. The molecule has 96 valence electrons. The van der Waals surface area contributed by atoms with Crippen molar-refractivity contribution in [2.45, 2.75) is 25.4 Å². The van der Waals surface area contributed by atoms with E-state index in [-0.39, 0.29) is 5.91 Å². The fraction of sp³-hybridized carbons (Fsp3) is 0.500. The molecule has 0 saturated carbocycles. The van der Waals surface area contributed by atoms with Crippen LogP contribution in [-0.2, 0) is 13.0 Å². The van der Waals surface area contributed by atoms with Crippen LogP contribution in [0.4, 0.5) is 0 Å². The fourth-order valence-corrected chi connectivity index (χ4v) is 3.81. The number of rotatable bonds is 2. The van der Waals surface area contributed by atoms with Crippen LogP contribution in [0.3, 0.4) is 0 Å². The third-order valence-corrected chi connectivity index (χ3v) is 4.81. The molecule has 1 aromatic rings. The summed E-state index contributed by atoms with van der Waals surface area (Å²) >= 11 is 1.92. The number of carbonyl (C=O) groups is 1. The monoisotopic (exact) mass is 262 g/mol. The van der Waals surface area contributed by atoms with E-state index in [1.165, 1.54) is 16.9 Å². The van der Waals surface area contributed by atoms with Gasteiger partial charge < -0.3 is 10.6 Å². The van der Waals surface area contributed by atoms with E-state index in [1.54, 1.807) is 0 Å². The Balaban J connectivity index is 1.80. The number of amides is 1. The quantitative estimate of drug-likeness (QED) is 0.850. The smallest absolute Gasteiger partial charge is 0.251 e. The lowest BCUT2D eigenvalue weighted by Crippen LogP contribution is -2.36. The SMILES string of the molecule is O=C(NC1CCSC1)c1cccc2c1CCNC2. The van der Waals surface area contributed by atoms with Crippen molar-refractivity contribution in [1.82, 2.24) is 10.6 Å². The molecule has 0 radical (unpaired) electrons. The first-order chi connectivity index (χ1) is 8.84. The summed E-state index contributed by atoms with van der Waals surface area (Å²) in [4.78, 5) is 12.3. The molecule has 1 fully saturated rings. The number of hydrogen-bond acceptors (Lipinski definition) is 3. The third kappa shape index (κ3) is 2.40. The summed E-state index contributed by atoms with van der Waals surface area (Å²) in [7, 11) is 0. The first kappa shape index (κ1) is 12.1. The van der Waals surface area contributed by atoms with Gasteiger partial charge >= 0.3 is 0 Å². The molecule has 2 aliphatic rings. The zero-order chi connectivity index (χ0) is 12.4. The van der Waals surface area contributed by atoms with E-state index in [0.717, 1.165) is 37.2 Å². The van der Waals surface area contributed by atoms with Gasteiger partial charge in [-0.15, -0.1) is 0 Å². The zero-order valence-corrected chi connectivity index (χ0v) is 11.2. The number of hydrogen-bond donors (Lipinski definition) is 2. The number of carbonyl (C=O) groups excluding carboxylic acids is 1. The van der Waals surface area contributed by atoms with Gasteiger partial charge in [0.25, 0.3) is 5.91 Å². The van der Waals surface area contributed by atoms with Crippen molar-refractivity contribution >= 4 is 17.7 Å². The van der Waals surface area contributed by atoms with Gasteiger partial charge in [0.2, 0.25) is 0 Å². The van der Waals surface area contributed by atoms with Crippen LogP contribution in [0.5, 0.6) is 0 Å². The topological polar surface area (TPSA) is 41.1 Å². The molecule has 4 heteroatoms. The molecule has 1 atom stereocenters. The zero-order valence-electron chi connectivity index (χ0n) is 10.4. The standard InChI is InChI=1S/C14H18N2OS/c17-14(16-11-5-7-18-9-11)13-3-1-2-10-8-15-6-4-12(10)13/h1-3,11,15H,4-9H2,(H,16,17). The van der Waals surface area contributed by atoms with Gasteiger partial charge in [-0.3, -0.25) is 4.79 Å². The lowest BCUT2D eigenvalue weighted by atomic mass is 9.95. The van der Waals surface area contributed by atoms with E-state index in [4.69, 9.17) is 0 Å². The fourth-order valence-electron chi connectivity index (χ4n) is 2.66. The predicted octanol–water partition coefficient (Wildman–Crippen LogP) is 1.57. The Morgan fingerprint density at radius 1 is 1.44 bits per heavy atom. The highest BCUT2D eigenvalue weighted by molar-refractivity contribution is 7.99. The average Bonchev–Trinajstić information content (AvgIpc) is 2.91. The minimum Gasteiger partial charge on any atom is -0.348 e. The average molecular weight is 262 g/mol. The first-order valence-corrected chi connectivity index (χ1v) is 7.70. The molecular formula is C14H18N2OS. The highest BCUT2D eigenvalue weighted by Crippen LogP contribution is 2.21. The van der Waals surface area contributed by atoms with E-state index in [1.807, 2.05) is 23.9 Å². The molecule has 0 bridgehead atoms. The maximum atomic E-state index is 12.3. The third-order valence-electron chi connectivity index (χ3n) is 3.65. The van der Waals surface area contributed by atoms with Crippen LogP contribution >= 0.6 is 11.8 Å². The van der Waals surface area contributed by atoms with Crippen molar-refractivity contribution in [3.8, 4) is 0 Å². The van der Waals surface area contributed by atoms with Crippen LogP contribution in [0.15, 0.2) is 18.2 Å². The highest BCUT2D eigenvalue weighted by Gasteiger charge is 2.21. The molecule has 3 rings (SSSR count). The van der Waals surface area contributed by atoms with Crippen molar-refractivity contribution in [2.24, 2.45) is 0 Å². The maximum absolute atomic E-state index is 12.3. The largest absolute Gasteiger partial charge is 0.348 e. The van der Waals surface area contributed by atoms with Crippen molar-refractivity contribution < 1.29 is 4.79 Å². The van der Waals surface area contributed by atoms with Crippen molar-refractivity contribution in [3.63, 3.8) is 0 Å². The highest BCUT2D eigenvalue weighted by atomic mass is 32.2. The summed E-state index contributed by atoms with van der Waals surface area (Å²) in [6.45, 7) is 1.85. The number of fused-ring (bicyclic) bond motifs is 1. The maximum Gasteiger partial charge on any atom is 0.251 e. The van der Waals surface area contributed by atoms with Crippen molar-refractivity contribution in [1.29, 1.82) is 0 Å². The van der Waals surface area contributed by atoms with Gasteiger partial charge in [-0.2, -0.15) is 11.8 Å². The van der Waals surface area contributed by atoms with E-state index in [2.05, 4.69) is 16.7 Å². The normalized spacial score (nSPS) is 22.6. The van der Waals surface area contributed by atoms with Gasteiger partial charge in [0.15, 0.2) is 0 Å². The Hall–Kier alpha value is -1.00. The molecule has 1 aromatic carbocycles. The van der Waals surface area contributed by atoms with Crippen molar-refractivity contribution in [2.75, 3.05) is 18.1 Å². The summed E-state index contributed by atoms with van der Waals surface area (Å²) in [6, 6.07) is 6.43. The summed E-state index contributed by atoms with van der Waals surface area (Å²) in [6.07, 6.45) is 2.06. The Kier molecular flexibility index (Phi) is 3.57. The van der Waals surface area contributed by atoms with E-state index < -0.39 is 0 Å². The van der Waals surface area contributed by atoms with Crippen LogP contribution < -0.4 is 10.6 Å². The Morgan fingerprint density at radius 3 is 3.22 bits per heavy atom. The Bertz CT molecular complexity index is 455. The molecule has 1 unspecified atom stereocenters. The first-order valence-electron chi connectivity index (χ1n) is 6.54. The molecule has 2 aliphatic heterocycles. The van der Waals surface area contributed by atoms with E-state index in [9.17, 15) is 4.79 Å². The molecule has 1 amide bonds. The number of nitrogens with one attached hydrogen (secondary N) is 2. The van der Waals surface area contributed by atoms with Crippen LogP contribution in [0, 0.1) is 0 Å². The van der Waals surface area contributed by atoms with E-state index >= 15 is 0 Å². The lowest BCUT2D eigenvalue weighted by Gasteiger charge is -2.21. The van der Waals surface area contributed by atoms with E-state index in [0.29, 0.717) is 6.04 Å². The minimum atomic E-state index is 0.112. The molecule has 0 spiro atoms. The molecule has 3 nitrogen and oxygen atoms in total. The molecule has 2 heterocycles. The lowest BCUT2D eigenvalue weighted by molar-refractivity contribution is 0.0940. The second-order valence-corrected chi connectivity index (χ2v) is 6.05. The predicted molar refractivity (Wildman–Crippen MR) is 75.0 cm³/mol. The second-order valence-electron chi connectivity index (χ2n) is 4.90. The van der Waals surface area contributed by atoms with Crippen LogP contribution in [0.25, 0.3) is 0 Å². The second kappa shape index (κ2) is 5.33. The molecule has 18 heavy (non-hydrogen) atoms. The molecule has 0 aromatic heterocycles. The van der Waals surface area contributed by atoms with Crippen LogP contribution in [0.1, 0.15) is 27.9 Å².